The first-order chi connectivity index (χ1) is 17.7. The quantitative estimate of drug-likeness (QED) is 0.465. The van der Waals surface area contributed by atoms with Gasteiger partial charge in [-0.25, -0.2) is 4.98 Å². The van der Waals surface area contributed by atoms with E-state index in [0.717, 1.165) is 24.6 Å². The van der Waals surface area contributed by atoms with Gasteiger partial charge in [-0.05, 0) is 69.0 Å². The zero-order chi connectivity index (χ0) is 26.4. The number of aryl methyl sites for hydroxylation is 2. The number of hydrogen-bond donors (Lipinski definition) is 0. The summed E-state index contributed by atoms with van der Waals surface area (Å²) < 4.78 is 46.4. The number of rotatable bonds is 6. The number of anilines is 1. The highest BCUT2D eigenvalue weighted by atomic mass is 32.1. The molecule has 1 unspecified atom stereocenters. The molecule has 1 saturated heterocycles. The van der Waals surface area contributed by atoms with Crippen LogP contribution in [-0.4, -0.2) is 37.6 Å². The first-order valence-electron chi connectivity index (χ1n) is 12.1. The molecule has 1 amide bonds. The van der Waals surface area contributed by atoms with Gasteiger partial charge in [-0.15, -0.1) is 0 Å². The van der Waals surface area contributed by atoms with E-state index in [-0.39, 0.29) is 28.7 Å². The van der Waals surface area contributed by atoms with Crippen LogP contribution in [0.4, 0.5) is 18.9 Å². The highest BCUT2D eigenvalue weighted by Crippen LogP contribution is 2.49. The van der Waals surface area contributed by atoms with E-state index in [2.05, 4.69) is 9.97 Å². The summed E-state index contributed by atoms with van der Waals surface area (Å²) in [6.45, 7) is 1.71. The summed E-state index contributed by atoms with van der Waals surface area (Å²) in [5.41, 5.74) is -0.617. The maximum Gasteiger partial charge on any atom is 0.417 e. The summed E-state index contributed by atoms with van der Waals surface area (Å²) in [5, 5.41) is 9.42. The number of oxazole rings is 1. The van der Waals surface area contributed by atoms with E-state index in [9.17, 15) is 23.2 Å². The number of nitrogens with zero attached hydrogens (tertiary/aromatic N) is 5. The fourth-order valence-corrected chi connectivity index (χ4v) is 5.71. The van der Waals surface area contributed by atoms with Crippen LogP contribution in [0, 0.1) is 17.2 Å². The predicted molar refractivity (Wildman–Crippen MR) is 132 cm³/mol. The molecule has 1 saturated carbocycles. The number of halogens is 3. The smallest absolute Gasteiger partial charge is 0.417 e. The Bertz CT molecular complexity index is 1320. The largest absolute Gasteiger partial charge is 0.449 e. The number of nitriles is 1. The third-order valence-electron chi connectivity index (χ3n) is 7.30. The predicted octanol–water partition coefficient (Wildman–Crippen LogP) is 5.41. The van der Waals surface area contributed by atoms with E-state index in [4.69, 9.17) is 16.6 Å². The van der Waals surface area contributed by atoms with Crippen LogP contribution in [0.25, 0.3) is 0 Å². The van der Waals surface area contributed by atoms with Crippen LogP contribution < -0.4 is 4.90 Å². The minimum absolute atomic E-state index is 0.111. The highest BCUT2D eigenvalue weighted by Gasteiger charge is 2.60. The van der Waals surface area contributed by atoms with Crippen LogP contribution in [0.5, 0.6) is 0 Å². The minimum atomic E-state index is -4.71. The molecule has 1 aliphatic heterocycles. The van der Waals surface area contributed by atoms with Crippen molar-refractivity contribution in [2.75, 3.05) is 4.90 Å². The van der Waals surface area contributed by atoms with Crippen LogP contribution in [0.1, 0.15) is 50.6 Å². The molecular weight excluding hydrogens is 503 g/mol. The first kappa shape index (κ1) is 25.1. The van der Waals surface area contributed by atoms with Crippen molar-refractivity contribution in [3.63, 3.8) is 0 Å². The number of carbonyl (C=O) groups is 1. The SMILES string of the molecule is CC1CC(C#N)=C(C(F)(F)F)C=C1N1C(=O)C2(CCC2)N(c2ccc(CCCc3ncco3)nc2)C1=S. The van der Waals surface area contributed by atoms with Gasteiger partial charge in [0.05, 0.1) is 29.7 Å². The third-order valence-corrected chi connectivity index (χ3v) is 7.66. The molecule has 0 aromatic carbocycles. The number of thiocarbonyl (C=S) groups is 1. The molecule has 0 bridgehead atoms. The van der Waals surface area contributed by atoms with Crippen molar-refractivity contribution in [1.29, 1.82) is 5.26 Å². The molecule has 37 heavy (non-hydrogen) atoms. The normalized spacial score (nSPS) is 21.4. The van der Waals surface area contributed by atoms with Gasteiger partial charge in [-0.3, -0.25) is 14.7 Å². The molecule has 7 nitrogen and oxygen atoms in total. The number of hydrogen-bond acceptors (Lipinski definition) is 6. The van der Waals surface area contributed by atoms with Crippen LogP contribution in [0.15, 0.2) is 58.1 Å². The Labute approximate surface area is 217 Å². The van der Waals surface area contributed by atoms with Gasteiger partial charge in [0.1, 0.15) is 11.8 Å². The Morgan fingerprint density at radius 2 is 2.05 bits per heavy atom. The Hall–Kier alpha value is -3.52. The van der Waals surface area contributed by atoms with Gasteiger partial charge < -0.3 is 9.32 Å². The van der Waals surface area contributed by atoms with Crippen molar-refractivity contribution < 1.29 is 22.4 Å². The summed E-state index contributed by atoms with van der Waals surface area (Å²) >= 11 is 5.73. The summed E-state index contributed by atoms with van der Waals surface area (Å²) in [5.74, 6) is -0.135. The molecule has 2 aromatic heterocycles. The van der Waals surface area contributed by atoms with Gasteiger partial charge in [-0.1, -0.05) is 6.92 Å². The average Bonchev–Trinajstić information content (AvgIpc) is 3.43. The second kappa shape index (κ2) is 9.41. The molecular formula is C26H24F3N5O2S. The topological polar surface area (TPSA) is 86.3 Å². The third kappa shape index (κ3) is 4.33. The van der Waals surface area contributed by atoms with Gasteiger partial charge >= 0.3 is 6.18 Å². The maximum absolute atomic E-state index is 13.7. The Morgan fingerprint density at radius 3 is 2.62 bits per heavy atom. The molecule has 2 aliphatic carbocycles. The first-order valence-corrected chi connectivity index (χ1v) is 12.5. The lowest BCUT2D eigenvalue weighted by Crippen LogP contribution is -2.55. The van der Waals surface area contributed by atoms with Crippen molar-refractivity contribution in [1.82, 2.24) is 14.9 Å². The zero-order valence-corrected chi connectivity index (χ0v) is 20.9. The summed E-state index contributed by atoms with van der Waals surface area (Å²) in [4.78, 5) is 25.4. The Morgan fingerprint density at radius 1 is 1.27 bits per heavy atom. The summed E-state index contributed by atoms with van der Waals surface area (Å²) in [6, 6.07) is 5.40. The number of alkyl halides is 3. The second-order valence-corrected chi connectivity index (χ2v) is 9.97. The van der Waals surface area contributed by atoms with Gasteiger partial charge in [0, 0.05) is 29.3 Å². The molecule has 5 rings (SSSR count). The van der Waals surface area contributed by atoms with Crippen LogP contribution in [0.2, 0.25) is 0 Å². The molecule has 2 fully saturated rings. The zero-order valence-electron chi connectivity index (χ0n) is 20.1. The van der Waals surface area contributed by atoms with Gasteiger partial charge in [0.25, 0.3) is 5.91 Å². The van der Waals surface area contributed by atoms with Gasteiger partial charge in [-0.2, -0.15) is 18.4 Å². The lowest BCUT2D eigenvalue weighted by molar-refractivity contribution is -0.132. The number of aromatic nitrogens is 2. The maximum atomic E-state index is 13.7. The fraction of sp³-hybridized carbons (Fsp3) is 0.423. The van der Waals surface area contributed by atoms with Crippen molar-refractivity contribution in [3.8, 4) is 6.07 Å². The number of allylic oxidation sites excluding steroid dienone is 4. The van der Waals surface area contributed by atoms with Crippen LogP contribution in [0.3, 0.4) is 0 Å². The second-order valence-electron chi connectivity index (χ2n) is 9.61. The Kier molecular flexibility index (Phi) is 6.40. The van der Waals surface area contributed by atoms with Crippen molar-refractivity contribution in [3.05, 3.63) is 65.3 Å². The van der Waals surface area contributed by atoms with Gasteiger partial charge in [0.2, 0.25) is 0 Å². The van der Waals surface area contributed by atoms with E-state index >= 15 is 0 Å². The highest BCUT2D eigenvalue weighted by molar-refractivity contribution is 7.80. The van der Waals surface area contributed by atoms with Crippen LogP contribution >= 0.6 is 12.2 Å². The molecule has 0 radical (unpaired) electrons. The van der Waals surface area contributed by atoms with Crippen LogP contribution in [-0.2, 0) is 17.6 Å². The number of pyridine rings is 1. The van der Waals surface area contributed by atoms with Crippen molar-refractivity contribution in [2.24, 2.45) is 5.92 Å². The molecule has 3 heterocycles. The molecule has 1 spiro atoms. The van der Waals surface area contributed by atoms with Gasteiger partial charge in [0.15, 0.2) is 11.0 Å². The van der Waals surface area contributed by atoms with E-state index in [1.54, 1.807) is 30.3 Å². The lowest BCUT2D eigenvalue weighted by atomic mass is 9.75. The van der Waals surface area contributed by atoms with E-state index < -0.39 is 23.2 Å². The molecule has 11 heteroatoms. The average molecular weight is 528 g/mol. The summed E-state index contributed by atoms with van der Waals surface area (Å²) in [7, 11) is 0. The van der Waals surface area contributed by atoms with Crippen molar-refractivity contribution in [2.45, 2.75) is 63.6 Å². The monoisotopic (exact) mass is 527 g/mol. The van der Waals surface area contributed by atoms with E-state index in [1.165, 1.54) is 11.2 Å². The molecule has 0 N–H and O–H groups in total. The standard InChI is InChI=1S/C26H24F3N5O2S/c1-16-12-17(14-30)20(26(27,28)29)13-21(16)33-23(35)25(8-3-9-25)34(24(33)37)19-7-6-18(32-15-19)4-2-5-22-31-10-11-36-22/h6-7,10-11,13,15-16H,2-5,8-9,12H2,1H3. The minimum Gasteiger partial charge on any atom is -0.449 e. The van der Waals surface area contributed by atoms with Crippen molar-refractivity contribution >= 4 is 28.9 Å². The molecule has 3 aliphatic rings. The molecule has 1 atom stereocenters. The lowest BCUT2D eigenvalue weighted by Gasteiger charge is -2.42. The van der Waals surface area contributed by atoms with E-state index in [0.29, 0.717) is 37.3 Å². The number of carbonyl (C=O) groups excluding carboxylic acids is 1. The number of amides is 1. The summed E-state index contributed by atoms with van der Waals surface area (Å²) in [6.07, 6.45) is 5.02. The Balaban J connectivity index is 1.42. The van der Waals surface area contributed by atoms with E-state index in [1.807, 2.05) is 12.1 Å². The fourth-order valence-electron chi connectivity index (χ4n) is 5.24. The molecule has 192 valence electrons. The molecule has 2 aromatic rings.